The van der Waals surface area contributed by atoms with Crippen LogP contribution in [-0.2, 0) is 14.8 Å². The van der Waals surface area contributed by atoms with Crippen molar-refractivity contribution in [1.29, 1.82) is 0 Å². The minimum atomic E-state index is -3.85. The van der Waals surface area contributed by atoms with Crippen molar-refractivity contribution in [2.75, 3.05) is 13.7 Å². The molecule has 2 rings (SSSR count). The first kappa shape index (κ1) is 19.0. The van der Waals surface area contributed by atoms with Gasteiger partial charge in [0, 0.05) is 0 Å². The number of esters is 1. The Morgan fingerprint density at radius 2 is 1.68 bits per heavy atom. The molecule has 0 saturated carbocycles. The Labute approximate surface area is 147 Å². The van der Waals surface area contributed by atoms with Gasteiger partial charge < -0.3 is 9.47 Å². The number of carbonyl (C=O) groups excluding carboxylic acids is 1. The van der Waals surface area contributed by atoms with Crippen molar-refractivity contribution in [2.24, 2.45) is 0 Å². The van der Waals surface area contributed by atoms with E-state index in [1.54, 1.807) is 44.2 Å². The number of hydrogen-bond donors (Lipinski definition) is 1. The van der Waals surface area contributed by atoms with Gasteiger partial charge in [-0.15, -0.1) is 0 Å². The number of nitrogens with one attached hydrogen (secondary N) is 1. The molecular formula is C18H21NO5S. The van der Waals surface area contributed by atoms with E-state index in [0.29, 0.717) is 22.6 Å². The average Bonchev–Trinajstić information content (AvgIpc) is 2.52. The molecule has 0 radical (unpaired) electrons. The predicted octanol–water partition coefficient (Wildman–Crippen LogP) is 2.50. The molecule has 0 bridgehead atoms. The summed E-state index contributed by atoms with van der Waals surface area (Å²) in [5.41, 5.74) is 2.02. The van der Waals surface area contributed by atoms with Gasteiger partial charge in [-0.1, -0.05) is 12.1 Å². The van der Waals surface area contributed by atoms with Crippen LogP contribution < -0.4 is 14.2 Å². The van der Waals surface area contributed by atoms with E-state index >= 15 is 0 Å². The number of rotatable bonds is 6. The van der Waals surface area contributed by atoms with Gasteiger partial charge in [-0.3, -0.25) is 4.79 Å². The predicted molar refractivity (Wildman–Crippen MR) is 94.5 cm³/mol. The minimum absolute atomic E-state index is 0.136. The molecular weight excluding hydrogens is 342 g/mol. The lowest BCUT2D eigenvalue weighted by molar-refractivity contribution is -0.133. The van der Waals surface area contributed by atoms with Crippen molar-refractivity contribution in [2.45, 2.75) is 25.7 Å². The maximum absolute atomic E-state index is 12.5. The summed E-state index contributed by atoms with van der Waals surface area (Å²) in [6, 6.07) is 10.2. The third kappa shape index (κ3) is 4.80. The summed E-state index contributed by atoms with van der Waals surface area (Å²) in [4.78, 5) is 12.0. The first-order valence-corrected chi connectivity index (χ1v) is 9.13. The molecule has 0 atom stereocenters. The summed E-state index contributed by atoms with van der Waals surface area (Å²) in [5, 5.41) is 0. The van der Waals surface area contributed by atoms with Gasteiger partial charge in [-0.25, -0.2) is 8.42 Å². The summed E-state index contributed by atoms with van der Waals surface area (Å²) in [7, 11) is -2.33. The molecule has 0 aliphatic heterocycles. The van der Waals surface area contributed by atoms with Crippen LogP contribution in [0.4, 0.5) is 0 Å². The molecule has 2 aromatic carbocycles. The van der Waals surface area contributed by atoms with Gasteiger partial charge in [0.05, 0.1) is 12.0 Å². The highest BCUT2D eigenvalue weighted by atomic mass is 32.2. The van der Waals surface area contributed by atoms with Crippen LogP contribution in [0.1, 0.15) is 16.7 Å². The summed E-state index contributed by atoms with van der Waals surface area (Å²) in [6.07, 6.45) is 0. The topological polar surface area (TPSA) is 81.7 Å². The Morgan fingerprint density at radius 1 is 1.04 bits per heavy atom. The van der Waals surface area contributed by atoms with E-state index in [-0.39, 0.29) is 4.90 Å². The molecule has 6 nitrogen and oxygen atoms in total. The molecule has 0 aromatic heterocycles. The summed E-state index contributed by atoms with van der Waals surface area (Å²) < 4.78 is 37.6. The number of carbonyl (C=O) groups is 1. The molecule has 1 N–H and O–H groups in total. The molecule has 0 unspecified atom stereocenters. The van der Waals surface area contributed by atoms with Crippen molar-refractivity contribution >= 4 is 16.0 Å². The number of sulfonamides is 1. The molecule has 0 saturated heterocycles. The third-order valence-corrected chi connectivity index (χ3v) is 5.27. The highest BCUT2D eigenvalue weighted by Gasteiger charge is 2.21. The Hall–Kier alpha value is -2.38. The van der Waals surface area contributed by atoms with Crippen LogP contribution in [0, 0.1) is 20.8 Å². The second kappa shape index (κ2) is 7.67. The summed E-state index contributed by atoms with van der Waals surface area (Å²) in [6.45, 7) is 4.76. The molecule has 0 fully saturated rings. The van der Waals surface area contributed by atoms with E-state index < -0.39 is 22.5 Å². The van der Waals surface area contributed by atoms with Crippen molar-refractivity contribution in [3.05, 3.63) is 53.1 Å². The first-order chi connectivity index (χ1) is 11.7. The zero-order valence-electron chi connectivity index (χ0n) is 14.6. The van der Waals surface area contributed by atoms with Crippen LogP contribution in [-0.4, -0.2) is 28.0 Å². The molecule has 7 heteroatoms. The fourth-order valence-corrected chi connectivity index (χ4v) is 3.94. The normalized spacial score (nSPS) is 11.2. The lowest BCUT2D eigenvalue weighted by atomic mass is 10.1. The Balaban J connectivity index is 2.10. The fourth-order valence-electron chi connectivity index (χ4n) is 2.52. The second-order valence-electron chi connectivity index (χ2n) is 5.71. The van der Waals surface area contributed by atoms with E-state index in [2.05, 4.69) is 4.72 Å². The molecule has 134 valence electrons. The fraction of sp³-hybridized carbons (Fsp3) is 0.278. The summed E-state index contributed by atoms with van der Waals surface area (Å²) in [5.74, 6) is 0.270. The molecule has 25 heavy (non-hydrogen) atoms. The minimum Gasteiger partial charge on any atom is -0.497 e. The summed E-state index contributed by atoms with van der Waals surface area (Å²) >= 11 is 0. The SMILES string of the molecule is COc1cc(C)c(S(=O)(=O)NCC(=O)Oc2cccc(C)c2)c(C)c1. The number of aryl methyl sites for hydroxylation is 3. The van der Waals surface area contributed by atoms with E-state index in [9.17, 15) is 13.2 Å². The lowest BCUT2D eigenvalue weighted by Gasteiger charge is -2.13. The van der Waals surface area contributed by atoms with E-state index in [0.717, 1.165) is 5.56 Å². The smallest absolute Gasteiger partial charge is 0.326 e. The van der Waals surface area contributed by atoms with Crippen molar-refractivity contribution in [1.82, 2.24) is 4.72 Å². The van der Waals surface area contributed by atoms with Crippen molar-refractivity contribution < 1.29 is 22.7 Å². The van der Waals surface area contributed by atoms with Gasteiger partial charge in [-0.05, 0) is 61.7 Å². The highest BCUT2D eigenvalue weighted by Crippen LogP contribution is 2.25. The maximum atomic E-state index is 12.5. The van der Waals surface area contributed by atoms with Gasteiger partial charge in [0.25, 0.3) is 0 Å². The molecule has 0 heterocycles. The van der Waals surface area contributed by atoms with Gasteiger partial charge in [-0.2, -0.15) is 4.72 Å². The number of methoxy groups -OCH3 is 1. The van der Waals surface area contributed by atoms with Crippen molar-refractivity contribution in [3.8, 4) is 11.5 Å². The number of ether oxygens (including phenoxy) is 2. The standard InChI is InChI=1S/C18H21NO5S/c1-12-6-5-7-15(8-12)24-17(20)11-19-25(21,22)18-13(2)9-16(23-4)10-14(18)3/h5-10,19H,11H2,1-4H3. The zero-order chi connectivity index (χ0) is 18.6. The average molecular weight is 363 g/mol. The number of benzene rings is 2. The van der Waals surface area contributed by atoms with E-state index in [1.807, 2.05) is 13.0 Å². The first-order valence-electron chi connectivity index (χ1n) is 7.65. The van der Waals surface area contributed by atoms with Gasteiger partial charge >= 0.3 is 5.97 Å². The number of hydrogen-bond acceptors (Lipinski definition) is 5. The molecule has 2 aromatic rings. The third-order valence-electron chi connectivity index (χ3n) is 3.57. The van der Waals surface area contributed by atoms with Crippen LogP contribution >= 0.6 is 0 Å². The lowest BCUT2D eigenvalue weighted by Crippen LogP contribution is -2.32. The van der Waals surface area contributed by atoms with Crippen LogP contribution in [0.2, 0.25) is 0 Å². The molecule has 0 amide bonds. The Kier molecular flexibility index (Phi) is 5.81. The molecule has 0 aliphatic rings. The van der Waals surface area contributed by atoms with Gasteiger partial charge in [0.1, 0.15) is 18.0 Å². The highest BCUT2D eigenvalue weighted by molar-refractivity contribution is 7.89. The quantitative estimate of drug-likeness (QED) is 0.630. The largest absolute Gasteiger partial charge is 0.497 e. The monoisotopic (exact) mass is 363 g/mol. The second-order valence-corrected chi connectivity index (χ2v) is 7.41. The molecule has 0 aliphatic carbocycles. The zero-order valence-corrected chi connectivity index (χ0v) is 15.4. The van der Waals surface area contributed by atoms with Crippen LogP contribution in [0.15, 0.2) is 41.3 Å². The van der Waals surface area contributed by atoms with Crippen LogP contribution in [0.3, 0.4) is 0 Å². The van der Waals surface area contributed by atoms with Crippen LogP contribution in [0.25, 0.3) is 0 Å². The van der Waals surface area contributed by atoms with E-state index in [1.165, 1.54) is 7.11 Å². The van der Waals surface area contributed by atoms with Gasteiger partial charge in [0.15, 0.2) is 0 Å². The Bertz CT molecular complexity index is 867. The van der Waals surface area contributed by atoms with E-state index in [4.69, 9.17) is 9.47 Å². The van der Waals surface area contributed by atoms with Crippen molar-refractivity contribution in [3.63, 3.8) is 0 Å². The van der Waals surface area contributed by atoms with Crippen LogP contribution in [0.5, 0.6) is 11.5 Å². The van der Waals surface area contributed by atoms with Gasteiger partial charge in [0.2, 0.25) is 10.0 Å². The maximum Gasteiger partial charge on any atom is 0.326 e. The Morgan fingerprint density at radius 3 is 2.24 bits per heavy atom. The molecule has 0 spiro atoms.